The van der Waals surface area contributed by atoms with Crippen LogP contribution in [0, 0.1) is 5.82 Å². The Bertz CT molecular complexity index is 869. The lowest BCUT2D eigenvalue weighted by Crippen LogP contribution is -2.48. The van der Waals surface area contributed by atoms with Crippen LogP contribution in [0.25, 0.3) is 6.08 Å². The normalized spacial score (nSPS) is 22.4. The zero-order chi connectivity index (χ0) is 24.5. The summed E-state index contributed by atoms with van der Waals surface area (Å²) in [5, 5.41) is 9.69. The van der Waals surface area contributed by atoms with E-state index < -0.39 is 5.82 Å². The number of unbranched alkanes of at least 4 members (excludes halogenated alkanes) is 1. The summed E-state index contributed by atoms with van der Waals surface area (Å²) in [4.78, 5) is 30.9. The maximum Gasteiger partial charge on any atom is 0.246 e. The largest absolute Gasteiger partial charge is 0.395 e. The highest BCUT2D eigenvalue weighted by Gasteiger charge is 2.27. The predicted octanol–water partition coefficient (Wildman–Crippen LogP) is 2.81. The van der Waals surface area contributed by atoms with Crippen molar-refractivity contribution in [3.63, 3.8) is 0 Å². The smallest absolute Gasteiger partial charge is 0.246 e. The van der Waals surface area contributed by atoms with E-state index in [1.54, 1.807) is 24.2 Å². The monoisotopic (exact) mass is 495 g/mol. The lowest BCUT2D eigenvalue weighted by atomic mass is 10.00. The number of nitrogens with zero attached hydrogens (tertiary/aromatic N) is 3. The fourth-order valence-electron chi connectivity index (χ4n) is 4.57. The second kappa shape index (κ2) is 13.2. The summed E-state index contributed by atoms with van der Waals surface area (Å²) in [7, 11) is 1.73. The molecule has 0 saturated carbocycles. The molecule has 0 radical (unpaired) electrons. The highest BCUT2D eigenvalue weighted by atomic mass is 35.5. The van der Waals surface area contributed by atoms with Crippen LogP contribution in [-0.2, 0) is 14.3 Å². The Morgan fingerprint density at radius 2 is 2.03 bits per heavy atom. The summed E-state index contributed by atoms with van der Waals surface area (Å²) in [5.74, 6) is -0.666. The molecular weight excluding hydrogens is 461 g/mol. The van der Waals surface area contributed by atoms with E-state index in [1.165, 1.54) is 18.2 Å². The first-order valence-electron chi connectivity index (χ1n) is 12.0. The van der Waals surface area contributed by atoms with Crippen molar-refractivity contribution in [3.8, 4) is 0 Å². The molecule has 2 saturated heterocycles. The van der Waals surface area contributed by atoms with Crippen LogP contribution < -0.4 is 0 Å². The minimum atomic E-state index is -0.530. The third-order valence-corrected chi connectivity index (χ3v) is 7.01. The molecule has 0 aliphatic carbocycles. The van der Waals surface area contributed by atoms with Gasteiger partial charge in [0.25, 0.3) is 0 Å². The molecule has 2 aliphatic heterocycles. The molecule has 0 bridgehead atoms. The van der Waals surface area contributed by atoms with Gasteiger partial charge in [-0.05, 0) is 56.0 Å². The first-order chi connectivity index (χ1) is 16.4. The molecule has 1 aromatic carbocycles. The van der Waals surface area contributed by atoms with Crippen molar-refractivity contribution in [2.24, 2.45) is 0 Å². The molecule has 2 aliphatic rings. The van der Waals surface area contributed by atoms with Crippen LogP contribution in [0.3, 0.4) is 0 Å². The average Bonchev–Trinajstić information content (AvgIpc) is 3.03. The molecule has 2 fully saturated rings. The number of halogens is 2. The summed E-state index contributed by atoms with van der Waals surface area (Å²) in [6.07, 6.45) is 7.18. The Balaban J connectivity index is 1.43. The van der Waals surface area contributed by atoms with E-state index in [0.717, 1.165) is 38.8 Å². The Hall–Kier alpha value is -2.00. The Kier molecular flexibility index (Phi) is 10.3. The SMILES string of the molecule is COC1CCC(CO)N(CCCCN2CCN(C(=O)/C=C/c3ccc(Cl)c(F)c3)CCC2=O)C1. The van der Waals surface area contributed by atoms with E-state index in [2.05, 4.69) is 4.90 Å². The number of rotatable bonds is 9. The number of hydrogen-bond acceptors (Lipinski definition) is 5. The number of hydrogen-bond donors (Lipinski definition) is 1. The van der Waals surface area contributed by atoms with Gasteiger partial charge in [0.2, 0.25) is 11.8 Å². The maximum absolute atomic E-state index is 13.6. The fourth-order valence-corrected chi connectivity index (χ4v) is 4.68. The van der Waals surface area contributed by atoms with Gasteiger partial charge in [-0.15, -0.1) is 0 Å². The number of methoxy groups -OCH3 is 1. The average molecular weight is 496 g/mol. The van der Waals surface area contributed by atoms with Gasteiger partial charge < -0.3 is 19.6 Å². The molecular formula is C25H35ClFN3O4. The zero-order valence-corrected chi connectivity index (χ0v) is 20.6. The first kappa shape index (κ1) is 26.6. The van der Waals surface area contributed by atoms with Gasteiger partial charge >= 0.3 is 0 Å². The van der Waals surface area contributed by atoms with Gasteiger partial charge in [0, 0.05) is 58.4 Å². The number of carbonyl (C=O) groups excluding carboxylic acids is 2. The van der Waals surface area contributed by atoms with Crippen molar-refractivity contribution in [2.75, 3.05) is 53.0 Å². The van der Waals surface area contributed by atoms with Crippen LogP contribution in [0.5, 0.6) is 0 Å². The second-order valence-corrected chi connectivity index (χ2v) is 9.34. The topological polar surface area (TPSA) is 73.3 Å². The standard InChI is InChI=1S/C25H35ClFN3O4/c1-34-21-7-6-20(18-31)30(17-21)12-3-2-11-28-14-15-29(13-10-25(28)33)24(32)9-5-19-4-8-22(26)23(27)16-19/h4-5,8-9,16,20-21,31H,2-3,6-7,10-15,17-18H2,1H3/b9-5+. The van der Waals surface area contributed by atoms with Gasteiger partial charge in [-0.2, -0.15) is 0 Å². The van der Waals surface area contributed by atoms with Gasteiger partial charge in [-0.1, -0.05) is 17.7 Å². The van der Waals surface area contributed by atoms with Crippen molar-refractivity contribution < 1.29 is 23.8 Å². The zero-order valence-electron chi connectivity index (χ0n) is 19.8. The maximum atomic E-state index is 13.6. The van der Waals surface area contributed by atoms with Crippen molar-refractivity contribution in [2.45, 2.75) is 44.2 Å². The number of aliphatic hydroxyl groups excluding tert-OH is 1. The van der Waals surface area contributed by atoms with Gasteiger partial charge in [0.15, 0.2) is 0 Å². The van der Waals surface area contributed by atoms with Crippen LogP contribution in [0.2, 0.25) is 5.02 Å². The summed E-state index contributed by atoms with van der Waals surface area (Å²) < 4.78 is 19.1. The molecule has 34 heavy (non-hydrogen) atoms. The van der Waals surface area contributed by atoms with Crippen LogP contribution >= 0.6 is 11.6 Å². The third kappa shape index (κ3) is 7.50. The van der Waals surface area contributed by atoms with Gasteiger partial charge in [0.1, 0.15) is 5.82 Å². The molecule has 9 heteroatoms. The van der Waals surface area contributed by atoms with Crippen LogP contribution in [0.1, 0.15) is 37.7 Å². The van der Waals surface area contributed by atoms with Crippen molar-refractivity contribution >= 4 is 29.5 Å². The molecule has 0 aromatic heterocycles. The van der Waals surface area contributed by atoms with Gasteiger partial charge in [-0.25, -0.2) is 4.39 Å². The summed E-state index contributed by atoms with van der Waals surface area (Å²) >= 11 is 5.69. The molecule has 1 N–H and O–H groups in total. The number of piperidine rings is 1. The molecule has 2 heterocycles. The molecule has 1 aromatic rings. The van der Waals surface area contributed by atoms with Gasteiger partial charge in [0.05, 0.1) is 17.7 Å². The Labute approximate surface area is 206 Å². The molecule has 188 valence electrons. The minimum absolute atomic E-state index is 0.0397. The Morgan fingerprint density at radius 3 is 2.76 bits per heavy atom. The number of likely N-dealkylation sites (tertiary alicyclic amines) is 1. The minimum Gasteiger partial charge on any atom is -0.395 e. The van der Waals surface area contributed by atoms with Crippen molar-refractivity contribution in [1.29, 1.82) is 0 Å². The highest BCUT2D eigenvalue weighted by Crippen LogP contribution is 2.20. The summed E-state index contributed by atoms with van der Waals surface area (Å²) in [6, 6.07) is 4.56. The molecule has 7 nitrogen and oxygen atoms in total. The van der Waals surface area contributed by atoms with E-state index in [9.17, 15) is 19.1 Å². The molecule has 2 unspecified atom stereocenters. The molecule has 3 rings (SSSR count). The van der Waals surface area contributed by atoms with Crippen LogP contribution in [0.4, 0.5) is 4.39 Å². The van der Waals surface area contributed by atoms with E-state index >= 15 is 0 Å². The predicted molar refractivity (Wildman–Crippen MR) is 130 cm³/mol. The number of aliphatic hydroxyl groups is 1. The third-order valence-electron chi connectivity index (χ3n) is 6.71. The summed E-state index contributed by atoms with van der Waals surface area (Å²) in [5.41, 5.74) is 0.553. The lowest BCUT2D eigenvalue weighted by Gasteiger charge is -2.38. The Morgan fingerprint density at radius 1 is 1.24 bits per heavy atom. The van der Waals surface area contributed by atoms with E-state index in [-0.39, 0.29) is 35.6 Å². The van der Waals surface area contributed by atoms with E-state index in [1.807, 2.05) is 4.90 Å². The lowest BCUT2D eigenvalue weighted by molar-refractivity contribution is -0.130. The fraction of sp³-hybridized carbons (Fsp3) is 0.600. The molecule has 2 amide bonds. The number of carbonyl (C=O) groups is 2. The van der Waals surface area contributed by atoms with Crippen molar-refractivity contribution in [1.82, 2.24) is 14.7 Å². The van der Waals surface area contributed by atoms with Crippen LogP contribution in [0.15, 0.2) is 24.3 Å². The number of ether oxygens (including phenoxy) is 1. The summed E-state index contributed by atoms with van der Waals surface area (Å²) in [6.45, 7) is 3.86. The number of benzene rings is 1. The van der Waals surface area contributed by atoms with E-state index in [0.29, 0.717) is 38.2 Å². The quantitative estimate of drug-likeness (QED) is 0.421. The van der Waals surface area contributed by atoms with E-state index in [4.69, 9.17) is 16.3 Å². The second-order valence-electron chi connectivity index (χ2n) is 8.94. The van der Waals surface area contributed by atoms with Gasteiger partial charge in [-0.3, -0.25) is 14.5 Å². The first-order valence-corrected chi connectivity index (χ1v) is 12.4. The molecule has 0 spiro atoms. The van der Waals surface area contributed by atoms with Crippen molar-refractivity contribution in [3.05, 3.63) is 40.7 Å². The highest BCUT2D eigenvalue weighted by molar-refractivity contribution is 6.30. The van der Waals surface area contributed by atoms with Crippen LogP contribution in [-0.4, -0.2) is 96.8 Å². The number of amides is 2. The molecule has 2 atom stereocenters.